The highest BCUT2D eigenvalue weighted by Gasteiger charge is 2.18. The van der Waals surface area contributed by atoms with E-state index in [1.54, 1.807) is 4.52 Å². The molecule has 23 heavy (non-hydrogen) atoms. The molecule has 6 heteroatoms. The molecule has 5 nitrogen and oxygen atoms in total. The Hall–Kier alpha value is -2.21. The van der Waals surface area contributed by atoms with Crippen molar-refractivity contribution in [1.29, 1.82) is 0 Å². The first-order valence-corrected chi connectivity index (χ1v) is 8.53. The van der Waals surface area contributed by atoms with Crippen LogP contribution in [0.1, 0.15) is 48.6 Å². The van der Waals surface area contributed by atoms with E-state index in [1.165, 1.54) is 11.3 Å². The van der Waals surface area contributed by atoms with Crippen LogP contribution in [0.5, 0.6) is 5.75 Å². The first-order chi connectivity index (χ1) is 11.1. The molecule has 0 N–H and O–H groups in total. The van der Waals surface area contributed by atoms with Gasteiger partial charge in [0.15, 0.2) is 6.29 Å². The van der Waals surface area contributed by atoms with E-state index in [-0.39, 0.29) is 0 Å². The quantitative estimate of drug-likeness (QED) is 0.637. The van der Waals surface area contributed by atoms with Crippen molar-refractivity contribution in [3.63, 3.8) is 0 Å². The molecular weight excluding hydrogens is 310 g/mol. The summed E-state index contributed by atoms with van der Waals surface area (Å²) in [7, 11) is 0. The first-order valence-electron chi connectivity index (χ1n) is 7.72. The van der Waals surface area contributed by atoms with Gasteiger partial charge in [-0.05, 0) is 30.7 Å². The zero-order chi connectivity index (χ0) is 16.4. The van der Waals surface area contributed by atoms with Crippen molar-refractivity contribution in [2.75, 3.05) is 6.61 Å². The van der Waals surface area contributed by atoms with Crippen LogP contribution in [0.2, 0.25) is 0 Å². The van der Waals surface area contributed by atoms with Gasteiger partial charge in [0.25, 0.3) is 0 Å². The van der Waals surface area contributed by atoms with Crippen molar-refractivity contribution in [2.24, 2.45) is 0 Å². The van der Waals surface area contributed by atoms with Crippen LogP contribution in [0.4, 0.5) is 0 Å². The molecule has 1 aromatic carbocycles. The number of hydrogen-bond donors (Lipinski definition) is 0. The summed E-state index contributed by atoms with van der Waals surface area (Å²) in [5, 5.41) is 5.48. The summed E-state index contributed by atoms with van der Waals surface area (Å²) in [6.45, 7) is 6.92. The number of rotatable bonds is 6. The number of benzene rings is 1. The Morgan fingerprint density at radius 1 is 1.30 bits per heavy atom. The summed E-state index contributed by atoms with van der Waals surface area (Å²) in [5.74, 6) is 1.14. The van der Waals surface area contributed by atoms with Crippen LogP contribution in [0.15, 0.2) is 24.3 Å². The number of ether oxygens (including phenoxy) is 1. The van der Waals surface area contributed by atoms with Gasteiger partial charge in [0.2, 0.25) is 4.96 Å². The molecule has 2 heterocycles. The maximum Gasteiger partial charge on any atom is 0.213 e. The van der Waals surface area contributed by atoms with Gasteiger partial charge in [-0.2, -0.15) is 9.61 Å². The fourth-order valence-electron chi connectivity index (χ4n) is 2.26. The zero-order valence-electron chi connectivity index (χ0n) is 13.4. The predicted molar refractivity (Wildman–Crippen MR) is 91.6 cm³/mol. The van der Waals surface area contributed by atoms with Crippen LogP contribution in [0.25, 0.3) is 16.2 Å². The largest absolute Gasteiger partial charge is 0.494 e. The topological polar surface area (TPSA) is 56.5 Å². The number of hydrogen-bond acceptors (Lipinski definition) is 5. The van der Waals surface area contributed by atoms with E-state index in [9.17, 15) is 4.79 Å². The maximum atomic E-state index is 11.5. The molecule has 3 aromatic rings. The van der Waals surface area contributed by atoms with E-state index in [2.05, 4.69) is 30.9 Å². The number of aromatic nitrogens is 3. The molecule has 0 aliphatic carbocycles. The summed E-state index contributed by atoms with van der Waals surface area (Å²) >= 11 is 1.52. The standard InChI is InChI=1S/C17H19N3O2S/c1-4-9-22-13-7-5-12(6-8-13)15-14(10-21)20-17(18-15)23-16(19-20)11(2)3/h5-8,10-11H,4,9H2,1-3H3. The van der Waals surface area contributed by atoms with Crippen molar-refractivity contribution in [2.45, 2.75) is 33.1 Å². The third kappa shape index (κ3) is 2.99. The SMILES string of the molecule is CCCOc1ccc(-c2nc3sc(C(C)C)nn3c2C=O)cc1. The predicted octanol–water partition coefficient (Wildman–Crippen LogP) is 4.18. The molecule has 0 bridgehead atoms. The Balaban J connectivity index is 1.98. The van der Waals surface area contributed by atoms with Gasteiger partial charge in [0.1, 0.15) is 22.1 Å². The smallest absolute Gasteiger partial charge is 0.213 e. The van der Waals surface area contributed by atoms with Crippen LogP contribution in [0, 0.1) is 0 Å². The lowest BCUT2D eigenvalue weighted by molar-refractivity contribution is 0.111. The van der Waals surface area contributed by atoms with E-state index >= 15 is 0 Å². The molecule has 0 aliphatic rings. The maximum absolute atomic E-state index is 11.5. The summed E-state index contributed by atoms with van der Waals surface area (Å²) in [4.78, 5) is 16.9. The lowest BCUT2D eigenvalue weighted by atomic mass is 10.1. The van der Waals surface area contributed by atoms with Gasteiger partial charge in [-0.15, -0.1) is 0 Å². The second-order valence-electron chi connectivity index (χ2n) is 5.63. The lowest BCUT2D eigenvalue weighted by Crippen LogP contribution is -1.97. The first kappa shape index (κ1) is 15.7. The number of carbonyl (C=O) groups excluding carboxylic acids is 1. The van der Waals surface area contributed by atoms with Crippen LogP contribution in [-0.2, 0) is 0 Å². The van der Waals surface area contributed by atoms with Crippen LogP contribution in [-0.4, -0.2) is 27.5 Å². The van der Waals surface area contributed by atoms with Crippen LogP contribution >= 0.6 is 11.3 Å². The van der Waals surface area contributed by atoms with E-state index in [0.717, 1.165) is 34.0 Å². The summed E-state index contributed by atoms with van der Waals surface area (Å²) in [5.41, 5.74) is 2.04. The molecule has 3 rings (SSSR count). The zero-order valence-corrected chi connectivity index (χ0v) is 14.3. The van der Waals surface area contributed by atoms with Crippen molar-refractivity contribution in [3.05, 3.63) is 35.0 Å². The molecule has 0 saturated heterocycles. The Morgan fingerprint density at radius 2 is 2.04 bits per heavy atom. The van der Waals surface area contributed by atoms with Gasteiger partial charge in [-0.25, -0.2) is 4.98 Å². The normalized spacial score (nSPS) is 11.3. The molecule has 0 saturated carbocycles. The minimum absolute atomic E-state index is 0.319. The number of imidazole rings is 1. The Bertz CT molecular complexity index is 818. The Kier molecular flexibility index (Phi) is 4.43. The van der Waals surface area contributed by atoms with Crippen molar-refractivity contribution in [1.82, 2.24) is 14.6 Å². The van der Waals surface area contributed by atoms with Crippen molar-refractivity contribution >= 4 is 22.6 Å². The third-order valence-electron chi connectivity index (χ3n) is 3.46. The van der Waals surface area contributed by atoms with Crippen molar-refractivity contribution < 1.29 is 9.53 Å². The second-order valence-corrected chi connectivity index (χ2v) is 6.61. The van der Waals surface area contributed by atoms with Gasteiger partial charge in [0.05, 0.1) is 6.61 Å². The monoisotopic (exact) mass is 329 g/mol. The summed E-state index contributed by atoms with van der Waals surface area (Å²) < 4.78 is 7.23. The third-order valence-corrected chi connectivity index (χ3v) is 4.67. The molecule has 2 aromatic heterocycles. The molecule has 0 fully saturated rings. The van der Waals surface area contributed by atoms with E-state index in [1.807, 2.05) is 24.3 Å². The minimum Gasteiger partial charge on any atom is -0.494 e. The van der Waals surface area contributed by atoms with E-state index in [4.69, 9.17) is 4.74 Å². The molecule has 0 atom stereocenters. The molecule has 120 valence electrons. The Morgan fingerprint density at radius 3 is 2.65 bits per heavy atom. The van der Waals surface area contributed by atoms with Gasteiger partial charge in [0, 0.05) is 11.5 Å². The highest BCUT2D eigenvalue weighted by Crippen LogP contribution is 2.29. The number of carbonyl (C=O) groups is 1. The second kappa shape index (κ2) is 6.50. The van der Waals surface area contributed by atoms with E-state index in [0.29, 0.717) is 23.9 Å². The lowest BCUT2D eigenvalue weighted by Gasteiger charge is -2.05. The van der Waals surface area contributed by atoms with Gasteiger partial charge < -0.3 is 4.74 Å². The highest BCUT2D eigenvalue weighted by atomic mass is 32.1. The van der Waals surface area contributed by atoms with Gasteiger partial charge >= 0.3 is 0 Å². The number of aldehydes is 1. The molecule has 0 unspecified atom stereocenters. The average molecular weight is 329 g/mol. The highest BCUT2D eigenvalue weighted by molar-refractivity contribution is 7.16. The summed E-state index contributed by atoms with van der Waals surface area (Å²) in [6, 6.07) is 7.65. The van der Waals surface area contributed by atoms with Crippen LogP contribution in [0.3, 0.4) is 0 Å². The fraction of sp³-hybridized carbons (Fsp3) is 0.353. The Labute approximate surface area is 138 Å². The number of nitrogens with zero attached hydrogens (tertiary/aromatic N) is 3. The van der Waals surface area contributed by atoms with Gasteiger partial charge in [-0.1, -0.05) is 32.1 Å². The molecule has 0 radical (unpaired) electrons. The molecule has 0 aliphatic heterocycles. The average Bonchev–Trinajstić information content (AvgIpc) is 3.11. The van der Waals surface area contributed by atoms with Gasteiger partial charge in [-0.3, -0.25) is 4.79 Å². The molecule has 0 spiro atoms. The fourth-order valence-corrected chi connectivity index (χ4v) is 3.17. The van der Waals surface area contributed by atoms with E-state index < -0.39 is 0 Å². The minimum atomic E-state index is 0.319. The molecular formula is C17H19N3O2S. The summed E-state index contributed by atoms with van der Waals surface area (Å²) in [6.07, 6.45) is 1.79. The number of fused-ring (bicyclic) bond motifs is 1. The van der Waals surface area contributed by atoms with Crippen LogP contribution < -0.4 is 4.74 Å². The molecule has 0 amide bonds. The van der Waals surface area contributed by atoms with Crippen molar-refractivity contribution in [3.8, 4) is 17.0 Å².